The van der Waals surface area contributed by atoms with Gasteiger partial charge >= 0.3 is 0 Å². The normalized spacial score (nSPS) is 12.1. The highest BCUT2D eigenvalue weighted by molar-refractivity contribution is 5.38. The van der Waals surface area contributed by atoms with Gasteiger partial charge in [0.1, 0.15) is 0 Å². The minimum Gasteiger partial charge on any atom is -0.296 e. The predicted octanol–water partition coefficient (Wildman–Crippen LogP) is 5.11. The van der Waals surface area contributed by atoms with E-state index in [0.29, 0.717) is 6.61 Å². The van der Waals surface area contributed by atoms with Crippen molar-refractivity contribution in [3.05, 3.63) is 107 Å². The molecule has 0 aromatic heterocycles. The van der Waals surface area contributed by atoms with E-state index < -0.39 is 0 Å². The first kappa shape index (κ1) is 16.4. The van der Waals surface area contributed by atoms with Crippen LogP contribution in [-0.2, 0) is 11.4 Å². The minimum atomic E-state index is 0.00973. The molecule has 0 fully saturated rings. The molecule has 0 amide bonds. The Bertz CT molecular complexity index is 768. The molecule has 122 valence electrons. The molecule has 0 saturated carbocycles. The Morgan fingerprint density at radius 1 is 0.833 bits per heavy atom. The second-order valence-electron chi connectivity index (χ2n) is 6.10. The molecular weight excluding hydrogens is 294 g/mol. The van der Waals surface area contributed by atoms with E-state index in [-0.39, 0.29) is 6.04 Å². The standard InChI is InChI=1S/C22H23NO/c1-17-13-14-21(18(2)15-17)22(20-11-7-4-8-12-20)23-24-16-19-9-5-3-6-10-19/h3-15,22-23H,16H2,1-2H3. The van der Waals surface area contributed by atoms with Crippen LogP contribution in [0.3, 0.4) is 0 Å². The summed E-state index contributed by atoms with van der Waals surface area (Å²) in [6, 6.07) is 27.2. The summed E-state index contributed by atoms with van der Waals surface area (Å²) in [5.41, 5.74) is 9.37. The minimum absolute atomic E-state index is 0.00973. The van der Waals surface area contributed by atoms with E-state index in [1.807, 2.05) is 24.3 Å². The molecule has 0 radical (unpaired) electrons. The van der Waals surface area contributed by atoms with Crippen molar-refractivity contribution in [2.45, 2.75) is 26.5 Å². The van der Waals surface area contributed by atoms with Crippen molar-refractivity contribution in [3.8, 4) is 0 Å². The molecule has 0 aliphatic heterocycles. The van der Waals surface area contributed by atoms with Crippen LogP contribution in [0.5, 0.6) is 0 Å². The van der Waals surface area contributed by atoms with Crippen LogP contribution in [0.25, 0.3) is 0 Å². The van der Waals surface area contributed by atoms with Crippen LogP contribution in [0.1, 0.15) is 33.9 Å². The van der Waals surface area contributed by atoms with Gasteiger partial charge in [0.05, 0.1) is 12.6 Å². The van der Waals surface area contributed by atoms with Crippen molar-refractivity contribution in [1.29, 1.82) is 0 Å². The van der Waals surface area contributed by atoms with Crippen molar-refractivity contribution in [2.24, 2.45) is 0 Å². The van der Waals surface area contributed by atoms with E-state index >= 15 is 0 Å². The number of rotatable bonds is 6. The van der Waals surface area contributed by atoms with E-state index in [4.69, 9.17) is 4.84 Å². The molecular formula is C22H23NO. The SMILES string of the molecule is Cc1ccc(C(NOCc2ccccc2)c2ccccc2)c(C)c1. The van der Waals surface area contributed by atoms with Crippen LogP contribution >= 0.6 is 0 Å². The maximum atomic E-state index is 5.83. The largest absolute Gasteiger partial charge is 0.296 e. The van der Waals surface area contributed by atoms with Crippen LogP contribution in [0.4, 0.5) is 0 Å². The fraction of sp³-hybridized carbons (Fsp3) is 0.182. The first-order chi connectivity index (χ1) is 11.7. The van der Waals surface area contributed by atoms with Crippen molar-refractivity contribution in [1.82, 2.24) is 5.48 Å². The number of hydroxylamine groups is 1. The highest BCUT2D eigenvalue weighted by atomic mass is 16.6. The van der Waals surface area contributed by atoms with Crippen molar-refractivity contribution in [2.75, 3.05) is 0 Å². The predicted molar refractivity (Wildman–Crippen MR) is 98.6 cm³/mol. The Morgan fingerprint density at radius 2 is 1.50 bits per heavy atom. The second-order valence-corrected chi connectivity index (χ2v) is 6.10. The molecule has 24 heavy (non-hydrogen) atoms. The lowest BCUT2D eigenvalue weighted by Gasteiger charge is -2.21. The monoisotopic (exact) mass is 317 g/mol. The molecule has 0 heterocycles. The number of nitrogens with one attached hydrogen (secondary N) is 1. The zero-order valence-corrected chi connectivity index (χ0v) is 14.2. The average Bonchev–Trinajstić information content (AvgIpc) is 2.61. The van der Waals surface area contributed by atoms with Crippen LogP contribution in [-0.4, -0.2) is 0 Å². The third-order valence-corrected chi connectivity index (χ3v) is 4.15. The molecule has 1 N–H and O–H groups in total. The van der Waals surface area contributed by atoms with Crippen LogP contribution in [0.15, 0.2) is 78.9 Å². The smallest absolute Gasteiger partial charge is 0.0933 e. The Morgan fingerprint density at radius 3 is 2.17 bits per heavy atom. The number of hydrogen-bond acceptors (Lipinski definition) is 2. The molecule has 3 aromatic carbocycles. The van der Waals surface area contributed by atoms with E-state index in [1.54, 1.807) is 0 Å². The molecule has 0 aliphatic rings. The summed E-state index contributed by atoms with van der Waals surface area (Å²) in [5, 5.41) is 0. The third kappa shape index (κ3) is 4.10. The second kappa shape index (κ2) is 7.91. The first-order valence-electron chi connectivity index (χ1n) is 8.27. The molecule has 1 atom stereocenters. The summed E-state index contributed by atoms with van der Waals surface area (Å²) >= 11 is 0. The Kier molecular flexibility index (Phi) is 5.42. The van der Waals surface area contributed by atoms with Gasteiger partial charge in [-0.2, -0.15) is 5.48 Å². The van der Waals surface area contributed by atoms with Crippen molar-refractivity contribution >= 4 is 0 Å². The first-order valence-corrected chi connectivity index (χ1v) is 8.27. The van der Waals surface area contributed by atoms with E-state index in [0.717, 1.165) is 5.56 Å². The molecule has 2 heteroatoms. The highest BCUT2D eigenvalue weighted by Gasteiger charge is 2.16. The van der Waals surface area contributed by atoms with Gasteiger partial charge in [0, 0.05) is 0 Å². The van der Waals surface area contributed by atoms with Gasteiger partial charge in [0.25, 0.3) is 0 Å². The van der Waals surface area contributed by atoms with Crippen molar-refractivity contribution in [3.63, 3.8) is 0 Å². The fourth-order valence-corrected chi connectivity index (χ4v) is 2.89. The molecule has 0 bridgehead atoms. The lowest BCUT2D eigenvalue weighted by molar-refractivity contribution is 0.0114. The number of hydrogen-bond donors (Lipinski definition) is 1. The van der Waals surface area contributed by atoms with Crippen LogP contribution in [0.2, 0.25) is 0 Å². The maximum absolute atomic E-state index is 5.83. The Balaban J connectivity index is 1.80. The zero-order valence-electron chi connectivity index (χ0n) is 14.2. The molecule has 1 unspecified atom stereocenters. The lowest BCUT2D eigenvalue weighted by atomic mass is 9.94. The van der Waals surface area contributed by atoms with Gasteiger partial charge in [0.2, 0.25) is 0 Å². The topological polar surface area (TPSA) is 21.3 Å². The van der Waals surface area contributed by atoms with Crippen LogP contribution in [0, 0.1) is 13.8 Å². The van der Waals surface area contributed by atoms with E-state index in [9.17, 15) is 0 Å². The average molecular weight is 317 g/mol. The number of aryl methyl sites for hydroxylation is 2. The van der Waals surface area contributed by atoms with Gasteiger partial charge < -0.3 is 0 Å². The highest BCUT2D eigenvalue weighted by Crippen LogP contribution is 2.25. The Hall–Kier alpha value is -2.42. The summed E-state index contributed by atoms with van der Waals surface area (Å²) < 4.78 is 0. The lowest BCUT2D eigenvalue weighted by Crippen LogP contribution is -2.23. The molecule has 0 spiro atoms. The summed E-state index contributed by atoms with van der Waals surface area (Å²) in [6.45, 7) is 4.81. The van der Waals surface area contributed by atoms with E-state index in [2.05, 4.69) is 73.9 Å². The maximum Gasteiger partial charge on any atom is 0.0933 e. The molecule has 2 nitrogen and oxygen atoms in total. The summed E-state index contributed by atoms with van der Waals surface area (Å²) in [4.78, 5) is 5.83. The quantitative estimate of drug-likeness (QED) is 0.638. The van der Waals surface area contributed by atoms with Gasteiger partial charge in [-0.1, -0.05) is 84.4 Å². The fourth-order valence-electron chi connectivity index (χ4n) is 2.89. The molecule has 0 saturated heterocycles. The summed E-state index contributed by atoms with van der Waals surface area (Å²) in [6.07, 6.45) is 0. The summed E-state index contributed by atoms with van der Waals surface area (Å²) in [7, 11) is 0. The van der Waals surface area contributed by atoms with Gasteiger partial charge in [-0.25, -0.2) is 0 Å². The number of benzene rings is 3. The van der Waals surface area contributed by atoms with Gasteiger partial charge in [-0.05, 0) is 36.1 Å². The molecule has 3 aromatic rings. The molecule has 0 aliphatic carbocycles. The van der Waals surface area contributed by atoms with Crippen molar-refractivity contribution < 1.29 is 4.84 Å². The van der Waals surface area contributed by atoms with E-state index in [1.165, 1.54) is 22.3 Å². The Labute approximate surface area is 144 Å². The van der Waals surface area contributed by atoms with Gasteiger partial charge in [0.15, 0.2) is 0 Å². The van der Waals surface area contributed by atoms with Gasteiger partial charge in [-0.3, -0.25) is 4.84 Å². The van der Waals surface area contributed by atoms with Crippen LogP contribution < -0.4 is 5.48 Å². The summed E-state index contributed by atoms with van der Waals surface area (Å²) in [5.74, 6) is 0. The van der Waals surface area contributed by atoms with Gasteiger partial charge in [-0.15, -0.1) is 0 Å². The zero-order chi connectivity index (χ0) is 16.8. The molecule has 3 rings (SSSR count). The third-order valence-electron chi connectivity index (χ3n) is 4.15.